The highest BCUT2D eigenvalue weighted by Gasteiger charge is 2.06. The molecule has 0 fully saturated rings. The van der Waals surface area contributed by atoms with E-state index >= 15 is 0 Å². The van der Waals surface area contributed by atoms with Gasteiger partial charge < -0.3 is 15.5 Å². The Balaban J connectivity index is 0.00000312. The van der Waals surface area contributed by atoms with Gasteiger partial charge in [-0.25, -0.2) is 9.37 Å². The van der Waals surface area contributed by atoms with Crippen molar-refractivity contribution in [1.82, 2.24) is 15.6 Å². The molecule has 1 aromatic heterocycles. The number of nitrogens with zero attached hydrogens (tertiary/aromatic N) is 3. The van der Waals surface area contributed by atoms with E-state index in [1.54, 1.807) is 35.4 Å². The second kappa shape index (κ2) is 10.5. The van der Waals surface area contributed by atoms with E-state index in [1.807, 2.05) is 26.4 Å². The molecule has 1 heterocycles. The van der Waals surface area contributed by atoms with Crippen LogP contribution in [0.3, 0.4) is 0 Å². The zero-order valence-electron chi connectivity index (χ0n) is 15.0. The van der Waals surface area contributed by atoms with Crippen LogP contribution >= 0.6 is 35.3 Å². The number of hydrogen-bond acceptors (Lipinski definition) is 4. The first-order chi connectivity index (χ1) is 11.5. The standard InChI is InChI=1S/C17H24FN5S.HI/c1-12-10-21-16(24-12)7-8-20-17(19-2)22-11-13-5-6-15(23(3)4)14(18)9-13;/h5-6,9-10H,7-8,11H2,1-4H3,(H2,19,20,22);1H. The molecule has 0 atom stereocenters. The van der Waals surface area contributed by atoms with E-state index in [0.29, 0.717) is 18.2 Å². The van der Waals surface area contributed by atoms with Crippen molar-refractivity contribution in [2.45, 2.75) is 19.9 Å². The summed E-state index contributed by atoms with van der Waals surface area (Å²) in [6.07, 6.45) is 2.74. The van der Waals surface area contributed by atoms with Crippen LogP contribution in [0.5, 0.6) is 0 Å². The Morgan fingerprint density at radius 1 is 1.32 bits per heavy atom. The maximum absolute atomic E-state index is 14.0. The Labute approximate surface area is 169 Å². The largest absolute Gasteiger partial charge is 0.375 e. The Morgan fingerprint density at radius 2 is 2.08 bits per heavy atom. The van der Waals surface area contributed by atoms with E-state index < -0.39 is 0 Å². The van der Waals surface area contributed by atoms with E-state index in [9.17, 15) is 4.39 Å². The lowest BCUT2D eigenvalue weighted by Gasteiger charge is -2.15. The minimum Gasteiger partial charge on any atom is -0.375 e. The van der Waals surface area contributed by atoms with Gasteiger partial charge in [-0.1, -0.05) is 6.07 Å². The molecular weight excluding hydrogens is 452 g/mol. The lowest BCUT2D eigenvalue weighted by Crippen LogP contribution is -2.37. The second-order valence-corrected chi connectivity index (χ2v) is 6.97. The molecular formula is C17H25FIN5S. The monoisotopic (exact) mass is 477 g/mol. The third-order valence-electron chi connectivity index (χ3n) is 3.48. The predicted molar refractivity (Wildman–Crippen MR) is 115 cm³/mol. The first-order valence-corrected chi connectivity index (χ1v) is 8.63. The van der Waals surface area contributed by atoms with Gasteiger partial charge in [-0.15, -0.1) is 35.3 Å². The number of guanidine groups is 1. The normalized spacial score (nSPS) is 11.0. The molecule has 0 spiro atoms. The van der Waals surface area contributed by atoms with E-state index in [2.05, 4.69) is 27.5 Å². The number of aromatic nitrogens is 1. The van der Waals surface area contributed by atoms with Gasteiger partial charge in [0.25, 0.3) is 0 Å². The molecule has 0 unspecified atom stereocenters. The molecule has 0 aliphatic carbocycles. The number of benzene rings is 1. The summed E-state index contributed by atoms with van der Waals surface area (Å²) in [5.74, 6) is 0.474. The smallest absolute Gasteiger partial charge is 0.191 e. The van der Waals surface area contributed by atoms with Gasteiger partial charge in [-0.05, 0) is 24.6 Å². The van der Waals surface area contributed by atoms with Crippen LogP contribution in [0, 0.1) is 12.7 Å². The van der Waals surface area contributed by atoms with E-state index in [0.717, 1.165) is 23.5 Å². The summed E-state index contributed by atoms with van der Waals surface area (Å²) in [6, 6.07) is 5.25. The number of thiazole rings is 1. The van der Waals surface area contributed by atoms with Crippen LogP contribution in [0.25, 0.3) is 0 Å². The number of aliphatic imine (C=N–C) groups is 1. The third-order valence-corrected chi connectivity index (χ3v) is 4.45. The average Bonchev–Trinajstić information content (AvgIpc) is 2.95. The van der Waals surface area contributed by atoms with Crippen LogP contribution in [0.4, 0.5) is 10.1 Å². The summed E-state index contributed by atoms with van der Waals surface area (Å²) in [7, 11) is 5.37. The molecule has 0 aliphatic heterocycles. The minimum atomic E-state index is -0.221. The van der Waals surface area contributed by atoms with Crippen molar-refractivity contribution in [3.8, 4) is 0 Å². The summed E-state index contributed by atoms with van der Waals surface area (Å²) >= 11 is 1.71. The third kappa shape index (κ3) is 6.77. The molecule has 25 heavy (non-hydrogen) atoms. The molecule has 0 saturated carbocycles. The molecule has 8 heteroatoms. The van der Waals surface area contributed by atoms with Gasteiger partial charge in [0.15, 0.2) is 5.96 Å². The van der Waals surface area contributed by atoms with Crippen LogP contribution in [0.15, 0.2) is 29.4 Å². The topological polar surface area (TPSA) is 52.6 Å². The molecule has 0 aliphatic rings. The van der Waals surface area contributed by atoms with Crippen molar-refractivity contribution >= 4 is 47.0 Å². The van der Waals surface area contributed by atoms with Crippen LogP contribution < -0.4 is 15.5 Å². The van der Waals surface area contributed by atoms with Crippen molar-refractivity contribution in [3.63, 3.8) is 0 Å². The van der Waals surface area contributed by atoms with Crippen LogP contribution in [0.2, 0.25) is 0 Å². The number of halogens is 2. The van der Waals surface area contributed by atoms with Gasteiger partial charge in [0.05, 0.1) is 10.7 Å². The maximum Gasteiger partial charge on any atom is 0.191 e. The van der Waals surface area contributed by atoms with Gasteiger partial charge in [0.2, 0.25) is 0 Å². The molecule has 0 amide bonds. The number of aryl methyl sites for hydroxylation is 1. The molecule has 2 rings (SSSR count). The van der Waals surface area contributed by atoms with Crippen molar-refractivity contribution in [1.29, 1.82) is 0 Å². The average molecular weight is 477 g/mol. The first kappa shape index (κ1) is 21.6. The number of anilines is 1. The molecule has 0 saturated heterocycles. The molecule has 5 nitrogen and oxygen atoms in total. The number of rotatable bonds is 6. The molecule has 2 N–H and O–H groups in total. The highest BCUT2D eigenvalue weighted by atomic mass is 127. The highest BCUT2D eigenvalue weighted by Crippen LogP contribution is 2.18. The fourth-order valence-corrected chi connectivity index (χ4v) is 3.02. The SMILES string of the molecule is CN=C(NCCc1ncc(C)s1)NCc1ccc(N(C)C)c(F)c1.I. The fraction of sp³-hybridized carbons (Fsp3) is 0.412. The van der Waals surface area contributed by atoms with Crippen LogP contribution in [-0.4, -0.2) is 38.6 Å². The lowest BCUT2D eigenvalue weighted by atomic mass is 10.2. The van der Waals surface area contributed by atoms with Crippen LogP contribution in [-0.2, 0) is 13.0 Å². The summed E-state index contributed by atoms with van der Waals surface area (Å²) in [5, 5.41) is 7.55. The van der Waals surface area contributed by atoms with E-state index in [4.69, 9.17) is 0 Å². The first-order valence-electron chi connectivity index (χ1n) is 7.81. The lowest BCUT2D eigenvalue weighted by molar-refractivity contribution is 0.623. The number of nitrogens with one attached hydrogen (secondary N) is 2. The van der Waals surface area contributed by atoms with Crippen molar-refractivity contribution < 1.29 is 4.39 Å². The van der Waals surface area contributed by atoms with Gasteiger partial charge >= 0.3 is 0 Å². The predicted octanol–water partition coefficient (Wildman–Crippen LogP) is 3.18. The molecule has 1 aromatic carbocycles. The van der Waals surface area contributed by atoms with Crippen molar-refractivity contribution in [2.24, 2.45) is 4.99 Å². The van der Waals surface area contributed by atoms with E-state index in [1.165, 1.54) is 4.88 Å². The summed E-state index contributed by atoms with van der Waals surface area (Å²) in [6.45, 7) is 3.32. The zero-order chi connectivity index (χ0) is 17.5. The van der Waals surface area contributed by atoms with Crippen molar-refractivity contribution in [3.05, 3.63) is 45.7 Å². The van der Waals surface area contributed by atoms with E-state index in [-0.39, 0.29) is 29.8 Å². The highest BCUT2D eigenvalue weighted by molar-refractivity contribution is 14.0. The number of hydrogen-bond donors (Lipinski definition) is 2. The summed E-state index contributed by atoms with van der Waals surface area (Å²) in [5.41, 5.74) is 1.46. The molecule has 138 valence electrons. The Kier molecular flexibility index (Phi) is 9.12. The van der Waals surface area contributed by atoms with Crippen LogP contribution in [0.1, 0.15) is 15.4 Å². The maximum atomic E-state index is 14.0. The van der Waals surface area contributed by atoms with Gasteiger partial charge in [0, 0.05) is 51.7 Å². The Morgan fingerprint density at radius 3 is 2.64 bits per heavy atom. The minimum absolute atomic E-state index is 0. The van der Waals surface area contributed by atoms with Gasteiger partial charge in [0.1, 0.15) is 5.82 Å². The Bertz CT molecular complexity index is 702. The van der Waals surface area contributed by atoms with Crippen molar-refractivity contribution in [2.75, 3.05) is 32.6 Å². The quantitative estimate of drug-likeness (QED) is 0.382. The Hall–Kier alpha value is -1.42. The summed E-state index contributed by atoms with van der Waals surface area (Å²) < 4.78 is 14.0. The summed E-state index contributed by atoms with van der Waals surface area (Å²) in [4.78, 5) is 11.5. The van der Waals surface area contributed by atoms with Gasteiger partial charge in [-0.3, -0.25) is 4.99 Å². The second-order valence-electron chi connectivity index (χ2n) is 5.65. The molecule has 2 aromatic rings. The zero-order valence-corrected chi connectivity index (χ0v) is 18.1. The fourth-order valence-electron chi connectivity index (χ4n) is 2.23. The molecule has 0 radical (unpaired) electrons. The van der Waals surface area contributed by atoms with Gasteiger partial charge in [-0.2, -0.15) is 0 Å². The molecule has 0 bridgehead atoms.